The van der Waals surface area contributed by atoms with E-state index in [9.17, 15) is 9.59 Å². The van der Waals surface area contributed by atoms with Crippen LogP contribution in [0.25, 0.3) is 0 Å². The van der Waals surface area contributed by atoms with E-state index in [1.807, 2.05) is 32.9 Å². The van der Waals surface area contributed by atoms with Crippen LogP contribution in [0, 0.1) is 0 Å². The number of ether oxygens (including phenoxy) is 4. The van der Waals surface area contributed by atoms with Gasteiger partial charge in [-0.2, -0.15) is 0 Å². The summed E-state index contributed by atoms with van der Waals surface area (Å²) in [6.07, 6.45) is -0.198. The fourth-order valence-corrected chi connectivity index (χ4v) is 3.17. The molecule has 160 valence electrons. The Hall–Kier alpha value is -3.22. The van der Waals surface area contributed by atoms with Gasteiger partial charge in [-0.15, -0.1) is 0 Å². The molecule has 2 aromatic rings. The van der Waals surface area contributed by atoms with Crippen molar-refractivity contribution >= 4 is 17.6 Å². The minimum absolute atomic E-state index is 0.310. The van der Waals surface area contributed by atoms with Crippen LogP contribution in [0.3, 0.4) is 0 Å². The van der Waals surface area contributed by atoms with E-state index in [0.717, 1.165) is 12.0 Å². The number of nitrogens with one attached hydrogen (secondary N) is 1. The number of carbonyl (C=O) groups excluding carboxylic acids is 2. The van der Waals surface area contributed by atoms with E-state index in [1.54, 1.807) is 30.3 Å². The average Bonchev–Trinajstić information content (AvgIpc) is 3.02. The quantitative estimate of drug-likeness (QED) is 0.664. The molecule has 7 nitrogen and oxygen atoms in total. The summed E-state index contributed by atoms with van der Waals surface area (Å²) in [4.78, 5) is 24.4. The van der Waals surface area contributed by atoms with Gasteiger partial charge in [0.05, 0.1) is 6.61 Å². The highest BCUT2D eigenvalue weighted by atomic mass is 16.6. The first-order valence-electron chi connectivity index (χ1n) is 9.94. The number of hydrogen-bond acceptors (Lipinski definition) is 6. The van der Waals surface area contributed by atoms with E-state index in [4.69, 9.17) is 18.9 Å². The minimum Gasteiger partial charge on any atom is -0.494 e. The van der Waals surface area contributed by atoms with Crippen molar-refractivity contribution in [3.8, 4) is 17.2 Å². The van der Waals surface area contributed by atoms with Crippen molar-refractivity contribution in [3.63, 3.8) is 0 Å². The largest absolute Gasteiger partial charge is 0.494 e. The molecule has 1 heterocycles. The van der Waals surface area contributed by atoms with Crippen LogP contribution in [0.15, 0.2) is 42.5 Å². The summed E-state index contributed by atoms with van der Waals surface area (Å²) >= 11 is 0. The van der Waals surface area contributed by atoms with E-state index >= 15 is 0 Å². The molecular formula is C23H27NO6. The maximum atomic E-state index is 12.3. The summed E-state index contributed by atoms with van der Waals surface area (Å²) < 4.78 is 22.1. The molecule has 1 N–H and O–H groups in total. The molecule has 0 saturated heterocycles. The minimum atomic E-state index is -0.968. The van der Waals surface area contributed by atoms with Crippen LogP contribution in [0.1, 0.15) is 33.3 Å². The van der Waals surface area contributed by atoms with Crippen molar-refractivity contribution in [2.75, 3.05) is 18.5 Å². The molecule has 1 aliphatic rings. The zero-order chi connectivity index (χ0) is 21.7. The van der Waals surface area contributed by atoms with Gasteiger partial charge in [-0.1, -0.05) is 12.1 Å². The summed E-state index contributed by atoms with van der Waals surface area (Å²) in [5, 5.41) is 2.70. The van der Waals surface area contributed by atoms with Crippen LogP contribution < -0.4 is 19.5 Å². The number of rotatable bonds is 8. The fourth-order valence-electron chi connectivity index (χ4n) is 3.17. The third-order valence-corrected chi connectivity index (χ3v) is 4.51. The Morgan fingerprint density at radius 2 is 1.87 bits per heavy atom. The zero-order valence-electron chi connectivity index (χ0n) is 17.7. The summed E-state index contributed by atoms with van der Waals surface area (Å²) in [5.74, 6) is 0.780. The average molecular weight is 413 g/mol. The molecule has 7 heteroatoms. The molecular weight excluding hydrogens is 386 g/mol. The Balaban J connectivity index is 1.49. The molecule has 0 spiro atoms. The molecule has 1 atom stereocenters. The Bertz CT molecular complexity index is 906. The third kappa shape index (κ3) is 5.43. The summed E-state index contributed by atoms with van der Waals surface area (Å²) in [7, 11) is 0. The Labute approximate surface area is 176 Å². The van der Waals surface area contributed by atoms with Crippen LogP contribution in [0.2, 0.25) is 0 Å². The zero-order valence-corrected chi connectivity index (χ0v) is 17.7. The first-order valence-corrected chi connectivity index (χ1v) is 9.94. The van der Waals surface area contributed by atoms with E-state index in [1.165, 1.54) is 6.92 Å². The second-order valence-electron chi connectivity index (χ2n) is 7.65. The van der Waals surface area contributed by atoms with Gasteiger partial charge in [-0.05, 0) is 58.0 Å². The van der Waals surface area contributed by atoms with Gasteiger partial charge in [-0.3, -0.25) is 4.79 Å². The van der Waals surface area contributed by atoms with Crippen LogP contribution in [0.5, 0.6) is 17.2 Å². The number of hydrogen-bond donors (Lipinski definition) is 1. The molecule has 0 saturated carbocycles. The van der Waals surface area contributed by atoms with Crippen molar-refractivity contribution in [2.45, 2.75) is 45.8 Å². The van der Waals surface area contributed by atoms with Gasteiger partial charge in [0, 0.05) is 17.7 Å². The summed E-state index contributed by atoms with van der Waals surface area (Å²) in [5.41, 5.74) is 1.31. The topological polar surface area (TPSA) is 83.1 Å². The molecule has 2 aromatic carbocycles. The summed E-state index contributed by atoms with van der Waals surface area (Å²) in [6.45, 7) is 7.64. The first kappa shape index (κ1) is 21.5. The third-order valence-electron chi connectivity index (χ3n) is 4.51. The number of amides is 1. The fraction of sp³-hybridized carbons (Fsp3) is 0.391. The number of anilines is 1. The highest BCUT2D eigenvalue weighted by Gasteiger charge is 2.32. The molecule has 1 amide bonds. The van der Waals surface area contributed by atoms with E-state index in [-0.39, 0.29) is 12.2 Å². The van der Waals surface area contributed by atoms with Gasteiger partial charge in [0.1, 0.15) is 11.4 Å². The normalized spacial score (nSPS) is 14.8. The number of benzene rings is 2. The monoisotopic (exact) mass is 413 g/mol. The standard InChI is InChI=1S/C23H27NO6/c1-5-27-18-11-9-17(10-12-18)24-22(26)15(2)29-20(25)14-28-19-8-6-7-16-13-23(3,4)30-21(16)19/h6-12,15H,5,13-14H2,1-4H3,(H,24,26). The van der Waals surface area contributed by atoms with E-state index in [0.29, 0.717) is 29.5 Å². The van der Waals surface area contributed by atoms with Crippen molar-refractivity contribution in [1.29, 1.82) is 0 Å². The van der Waals surface area contributed by atoms with Gasteiger partial charge in [0.15, 0.2) is 24.2 Å². The molecule has 0 bridgehead atoms. The molecule has 0 aromatic heterocycles. The Morgan fingerprint density at radius 1 is 1.13 bits per heavy atom. The lowest BCUT2D eigenvalue weighted by Gasteiger charge is -2.18. The molecule has 0 fully saturated rings. The SMILES string of the molecule is CCOc1ccc(NC(=O)C(C)OC(=O)COc2cccc3c2OC(C)(C)C3)cc1. The highest BCUT2D eigenvalue weighted by Crippen LogP contribution is 2.41. The molecule has 3 rings (SSSR count). The Kier molecular flexibility index (Phi) is 6.50. The van der Waals surface area contributed by atoms with Crippen LogP contribution >= 0.6 is 0 Å². The lowest BCUT2D eigenvalue weighted by Crippen LogP contribution is -2.31. The summed E-state index contributed by atoms with van der Waals surface area (Å²) in [6, 6.07) is 12.5. The predicted molar refractivity (Wildman–Crippen MR) is 112 cm³/mol. The van der Waals surface area contributed by atoms with E-state index in [2.05, 4.69) is 5.32 Å². The number of para-hydroxylation sites is 1. The lowest BCUT2D eigenvalue weighted by atomic mass is 10.0. The van der Waals surface area contributed by atoms with Gasteiger partial charge < -0.3 is 24.3 Å². The maximum Gasteiger partial charge on any atom is 0.344 e. The van der Waals surface area contributed by atoms with E-state index < -0.39 is 18.0 Å². The lowest BCUT2D eigenvalue weighted by molar-refractivity contribution is -0.155. The van der Waals surface area contributed by atoms with Crippen molar-refractivity contribution in [2.24, 2.45) is 0 Å². The molecule has 0 radical (unpaired) electrons. The molecule has 1 unspecified atom stereocenters. The van der Waals surface area contributed by atoms with Gasteiger partial charge in [0.25, 0.3) is 5.91 Å². The second kappa shape index (κ2) is 9.07. The van der Waals surface area contributed by atoms with Gasteiger partial charge >= 0.3 is 5.97 Å². The van der Waals surface area contributed by atoms with Crippen molar-refractivity contribution in [1.82, 2.24) is 0 Å². The van der Waals surface area contributed by atoms with Crippen LogP contribution in [0.4, 0.5) is 5.69 Å². The highest BCUT2D eigenvalue weighted by molar-refractivity contribution is 5.95. The number of carbonyl (C=O) groups is 2. The van der Waals surface area contributed by atoms with Crippen molar-refractivity contribution in [3.05, 3.63) is 48.0 Å². The Morgan fingerprint density at radius 3 is 2.57 bits per heavy atom. The molecule has 30 heavy (non-hydrogen) atoms. The maximum absolute atomic E-state index is 12.3. The van der Waals surface area contributed by atoms with Gasteiger partial charge in [-0.25, -0.2) is 4.79 Å². The molecule has 1 aliphatic heterocycles. The number of fused-ring (bicyclic) bond motifs is 1. The second-order valence-corrected chi connectivity index (χ2v) is 7.65. The van der Waals surface area contributed by atoms with Crippen molar-refractivity contribution < 1.29 is 28.5 Å². The van der Waals surface area contributed by atoms with Crippen LogP contribution in [-0.4, -0.2) is 36.8 Å². The predicted octanol–water partition coefficient (Wildman–Crippen LogP) is 3.75. The number of esters is 1. The van der Waals surface area contributed by atoms with Gasteiger partial charge in [0.2, 0.25) is 0 Å². The molecule has 0 aliphatic carbocycles. The first-order chi connectivity index (χ1) is 14.3. The van der Waals surface area contributed by atoms with Crippen LogP contribution in [-0.2, 0) is 20.7 Å². The smallest absolute Gasteiger partial charge is 0.344 e.